The molecule has 0 aliphatic carbocycles. The third-order valence-electron chi connectivity index (χ3n) is 4.80. The van der Waals surface area contributed by atoms with E-state index < -0.39 is 16.8 Å². The largest absolute Gasteiger partial charge is 0.462 e. The zero-order valence-electron chi connectivity index (χ0n) is 18.3. The van der Waals surface area contributed by atoms with Gasteiger partial charge in [0.05, 0.1) is 17.1 Å². The predicted octanol–water partition coefficient (Wildman–Crippen LogP) is 5.91. The Morgan fingerprint density at radius 1 is 1.32 bits per heavy atom. The Balaban J connectivity index is 1.87. The van der Waals surface area contributed by atoms with Gasteiger partial charge in [-0.25, -0.2) is 4.79 Å². The first-order valence-electron chi connectivity index (χ1n) is 9.90. The molecule has 0 saturated carbocycles. The van der Waals surface area contributed by atoms with Crippen LogP contribution in [0.2, 0.25) is 5.02 Å². The molecule has 0 atom stereocenters. The van der Waals surface area contributed by atoms with Gasteiger partial charge in [0.1, 0.15) is 33.2 Å². The standard InChI is InChI=1S/C23H18ClN3O6S/c1-4-32-23(29)20-12(2)13(3)34-22(20)26-21(28)15(11-25)9-16-6-8-19(33-16)14-5-7-17(24)18(10-14)27(30)31/h5-10H,4H2,1-3H3,(H,26,28)/b15-9+. The van der Waals surface area contributed by atoms with E-state index >= 15 is 0 Å². The van der Waals surface area contributed by atoms with Crippen molar-refractivity contribution >= 4 is 51.6 Å². The van der Waals surface area contributed by atoms with Crippen LogP contribution in [0.15, 0.2) is 40.3 Å². The SMILES string of the molecule is CCOC(=O)c1c(NC(=O)/C(C#N)=C/c2ccc(-c3ccc(Cl)c([N+](=O)[O-])c3)o2)sc(C)c1C. The quantitative estimate of drug-likeness (QED) is 0.140. The van der Waals surface area contributed by atoms with Crippen LogP contribution in [-0.2, 0) is 9.53 Å². The summed E-state index contributed by atoms with van der Waals surface area (Å²) < 4.78 is 10.7. The molecule has 2 heterocycles. The molecule has 0 radical (unpaired) electrons. The van der Waals surface area contributed by atoms with E-state index in [1.807, 2.05) is 13.0 Å². The van der Waals surface area contributed by atoms with Gasteiger partial charge in [-0.15, -0.1) is 11.3 Å². The van der Waals surface area contributed by atoms with Gasteiger partial charge in [-0.2, -0.15) is 5.26 Å². The zero-order valence-corrected chi connectivity index (χ0v) is 19.9. The fourth-order valence-electron chi connectivity index (χ4n) is 3.02. The molecule has 1 amide bonds. The summed E-state index contributed by atoms with van der Waals surface area (Å²) in [4.78, 5) is 36.4. The molecular weight excluding hydrogens is 482 g/mol. The van der Waals surface area contributed by atoms with Crippen LogP contribution in [0, 0.1) is 35.3 Å². The molecule has 9 nitrogen and oxygen atoms in total. The summed E-state index contributed by atoms with van der Waals surface area (Å²) in [5.74, 6) is -0.814. The number of aryl methyl sites for hydroxylation is 1. The smallest absolute Gasteiger partial charge is 0.341 e. The number of amides is 1. The van der Waals surface area contributed by atoms with E-state index in [2.05, 4.69) is 5.32 Å². The van der Waals surface area contributed by atoms with Gasteiger partial charge in [-0.1, -0.05) is 11.6 Å². The van der Waals surface area contributed by atoms with Gasteiger partial charge in [0.2, 0.25) is 0 Å². The number of esters is 1. The number of nitro groups is 1. The Kier molecular flexibility index (Phi) is 7.50. The minimum atomic E-state index is -0.727. The molecule has 1 N–H and O–H groups in total. The third-order valence-corrected chi connectivity index (χ3v) is 6.24. The maximum Gasteiger partial charge on any atom is 0.341 e. The Hall–Kier alpha value is -3.94. The van der Waals surface area contributed by atoms with Gasteiger partial charge in [0, 0.05) is 22.6 Å². The van der Waals surface area contributed by atoms with E-state index in [4.69, 9.17) is 20.8 Å². The van der Waals surface area contributed by atoms with Crippen molar-refractivity contribution in [1.29, 1.82) is 5.26 Å². The van der Waals surface area contributed by atoms with E-state index in [9.17, 15) is 25.0 Å². The highest BCUT2D eigenvalue weighted by molar-refractivity contribution is 7.16. The van der Waals surface area contributed by atoms with E-state index in [1.54, 1.807) is 26.0 Å². The van der Waals surface area contributed by atoms with Crippen LogP contribution < -0.4 is 5.32 Å². The molecule has 0 bridgehead atoms. The van der Waals surface area contributed by atoms with Crippen LogP contribution in [0.3, 0.4) is 0 Å². The van der Waals surface area contributed by atoms with Crippen molar-refractivity contribution in [2.24, 2.45) is 0 Å². The van der Waals surface area contributed by atoms with Crippen molar-refractivity contribution in [3.05, 3.63) is 72.8 Å². The highest BCUT2D eigenvalue weighted by atomic mass is 35.5. The second-order valence-electron chi connectivity index (χ2n) is 6.96. The van der Waals surface area contributed by atoms with Gasteiger partial charge in [-0.05, 0) is 50.6 Å². The van der Waals surface area contributed by atoms with Crippen LogP contribution in [-0.4, -0.2) is 23.4 Å². The first-order valence-corrected chi connectivity index (χ1v) is 11.1. The van der Waals surface area contributed by atoms with Crippen LogP contribution in [0.4, 0.5) is 10.7 Å². The summed E-state index contributed by atoms with van der Waals surface area (Å²) in [5.41, 5.74) is 0.807. The Morgan fingerprint density at radius 2 is 2.06 bits per heavy atom. The first-order chi connectivity index (χ1) is 16.2. The summed E-state index contributed by atoms with van der Waals surface area (Å²) in [6.45, 7) is 5.42. The number of thiophene rings is 1. The average molecular weight is 500 g/mol. The Bertz CT molecular complexity index is 1370. The number of halogens is 1. The molecule has 3 rings (SSSR count). The molecule has 0 fully saturated rings. The normalized spacial score (nSPS) is 11.1. The van der Waals surface area contributed by atoms with Crippen molar-refractivity contribution in [1.82, 2.24) is 0 Å². The monoisotopic (exact) mass is 499 g/mol. The molecule has 0 aliphatic heterocycles. The van der Waals surface area contributed by atoms with Crippen LogP contribution in [0.25, 0.3) is 17.4 Å². The molecule has 11 heteroatoms. The lowest BCUT2D eigenvalue weighted by molar-refractivity contribution is -0.384. The minimum Gasteiger partial charge on any atom is -0.462 e. The number of carbonyl (C=O) groups is 2. The van der Waals surface area contributed by atoms with E-state index in [0.29, 0.717) is 11.1 Å². The Morgan fingerprint density at radius 3 is 2.71 bits per heavy atom. The van der Waals surface area contributed by atoms with Gasteiger partial charge < -0.3 is 14.5 Å². The lowest BCUT2D eigenvalue weighted by Crippen LogP contribution is -2.16. The van der Waals surface area contributed by atoms with Gasteiger partial charge in [0.25, 0.3) is 11.6 Å². The van der Waals surface area contributed by atoms with E-state index in [-0.39, 0.29) is 45.0 Å². The van der Waals surface area contributed by atoms with Crippen LogP contribution in [0.5, 0.6) is 0 Å². The van der Waals surface area contributed by atoms with Crippen molar-refractivity contribution in [3.63, 3.8) is 0 Å². The molecule has 0 aliphatic rings. The van der Waals surface area contributed by atoms with Crippen molar-refractivity contribution in [3.8, 4) is 17.4 Å². The molecule has 174 valence electrons. The maximum absolute atomic E-state index is 12.8. The number of furan rings is 1. The summed E-state index contributed by atoms with van der Waals surface area (Å²) in [7, 11) is 0. The van der Waals surface area contributed by atoms with Crippen molar-refractivity contribution < 1.29 is 23.7 Å². The molecule has 2 aromatic heterocycles. The van der Waals surface area contributed by atoms with Crippen molar-refractivity contribution in [2.75, 3.05) is 11.9 Å². The fraction of sp³-hybridized carbons (Fsp3) is 0.174. The van der Waals surface area contributed by atoms with Gasteiger partial charge in [-0.3, -0.25) is 14.9 Å². The number of nitrogens with one attached hydrogen (secondary N) is 1. The molecule has 0 spiro atoms. The highest BCUT2D eigenvalue weighted by Gasteiger charge is 2.23. The molecule has 0 saturated heterocycles. The molecule has 1 aromatic carbocycles. The average Bonchev–Trinajstić information content (AvgIpc) is 3.36. The number of nitriles is 1. The number of hydrogen-bond acceptors (Lipinski definition) is 8. The van der Waals surface area contributed by atoms with Gasteiger partial charge in [0.15, 0.2) is 0 Å². The summed E-state index contributed by atoms with van der Waals surface area (Å²) in [6.07, 6.45) is 1.24. The molecule has 0 unspecified atom stereocenters. The summed E-state index contributed by atoms with van der Waals surface area (Å²) >= 11 is 7.05. The second kappa shape index (κ2) is 10.3. The number of ether oxygens (including phenoxy) is 1. The van der Waals surface area contributed by atoms with E-state index in [1.165, 1.54) is 35.6 Å². The molecular formula is C23H18ClN3O6S. The lowest BCUT2D eigenvalue weighted by Gasteiger charge is -2.06. The Labute approximate surface area is 203 Å². The topological polar surface area (TPSA) is 135 Å². The third kappa shape index (κ3) is 5.17. The number of benzene rings is 1. The number of anilines is 1. The first kappa shape index (κ1) is 24.7. The number of nitrogens with zero attached hydrogens (tertiary/aromatic N) is 2. The summed E-state index contributed by atoms with van der Waals surface area (Å²) in [5, 5.41) is 23.5. The van der Waals surface area contributed by atoms with E-state index in [0.717, 1.165) is 4.88 Å². The molecule has 34 heavy (non-hydrogen) atoms. The zero-order chi connectivity index (χ0) is 25.0. The number of rotatable bonds is 7. The number of nitro benzene ring substituents is 1. The van der Waals surface area contributed by atoms with Crippen molar-refractivity contribution in [2.45, 2.75) is 20.8 Å². The predicted molar refractivity (Wildman–Crippen MR) is 128 cm³/mol. The lowest BCUT2D eigenvalue weighted by atomic mass is 10.1. The number of carbonyl (C=O) groups excluding carboxylic acids is 2. The number of hydrogen-bond donors (Lipinski definition) is 1. The van der Waals surface area contributed by atoms with Crippen LogP contribution >= 0.6 is 22.9 Å². The summed E-state index contributed by atoms with van der Waals surface area (Å²) in [6, 6.07) is 9.09. The fourth-order valence-corrected chi connectivity index (χ4v) is 4.25. The van der Waals surface area contributed by atoms with Crippen LogP contribution in [0.1, 0.15) is 33.5 Å². The second-order valence-corrected chi connectivity index (χ2v) is 8.59. The maximum atomic E-state index is 12.8. The van der Waals surface area contributed by atoms with Gasteiger partial charge >= 0.3 is 5.97 Å². The minimum absolute atomic E-state index is 0.00917. The highest BCUT2D eigenvalue weighted by Crippen LogP contribution is 2.34. The molecule has 3 aromatic rings.